The van der Waals surface area contributed by atoms with Crippen molar-refractivity contribution in [2.24, 2.45) is 0 Å². The highest BCUT2D eigenvalue weighted by Crippen LogP contribution is 2.57. The zero-order valence-corrected chi connectivity index (χ0v) is 34.1. The molecule has 0 spiro atoms. The van der Waals surface area contributed by atoms with Crippen molar-refractivity contribution >= 4 is 27.6 Å². The number of pyridine rings is 2. The third-order valence-electron chi connectivity index (χ3n) is 12.6. The quantitative estimate of drug-likeness (QED) is 0.162. The van der Waals surface area contributed by atoms with Gasteiger partial charge in [-0.1, -0.05) is 131 Å². The molecule has 5 heteroatoms. The van der Waals surface area contributed by atoms with Gasteiger partial charge in [-0.3, -0.25) is 14.4 Å². The molecular weight excluding hydrogens is 731 g/mol. The molecule has 0 N–H and O–H groups in total. The molecule has 60 heavy (non-hydrogen) atoms. The molecule has 0 bridgehead atoms. The van der Waals surface area contributed by atoms with Crippen LogP contribution in [0.15, 0.2) is 176 Å². The number of nitrogens with zero attached hydrogens (tertiary/aromatic N) is 5. The third kappa shape index (κ3) is 5.39. The van der Waals surface area contributed by atoms with Gasteiger partial charge in [0.2, 0.25) is 0 Å². The van der Waals surface area contributed by atoms with Crippen LogP contribution in [0.25, 0.3) is 72.4 Å². The lowest BCUT2D eigenvalue weighted by Crippen LogP contribution is -2.29. The largest absolute Gasteiger partial charge is 0.282 e. The molecule has 0 aliphatic heterocycles. The molecule has 0 saturated heterocycles. The van der Waals surface area contributed by atoms with Gasteiger partial charge in [0.05, 0.1) is 38.7 Å². The van der Waals surface area contributed by atoms with Crippen LogP contribution in [0.4, 0.5) is 0 Å². The first-order chi connectivity index (χ1) is 29.4. The van der Waals surface area contributed by atoms with Gasteiger partial charge < -0.3 is 0 Å². The fourth-order valence-electron chi connectivity index (χ4n) is 9.93. The summed E-state index contributed by atoms with van der Waals surface area (Å²) in [5, 5.41) is 0.975. The predicted molar refractivity (Wildman–Crippen MR) is 245 cm³/mol. The molecule has 4 aromatic heterocycles. The summed E-state index contributed by atoms with van der Waals surface area (Å²) in [6, 6.07) is 57.1. The Hall–Kier alpha value is -7.24. The zero-order chi connectivity index (χ0) is 40.5. The molecule has 11 rings (SSSR count). The van der Waals surface area contributed by atoms with Gasteiger partial charge in [0.1, 0.15) is 12.0 Å². The van der Waals surface area contributed by atoms with E-state index in [2.05, 4.69) is 178 Å². The maximum Gasteiger partial charge on any atom is 0.149 e. The number of hydrogen-bond donors (Lipinski definition) is 0. The van der Waals surface area contributed by atoms with Gasteiger partial charge in [-0.2, -0.15) is 0 Å². The molecule has 1 aliphatic carbocycles. The maximum absolute atomic E-state index is 5.21. The van der Waals surface area contributed by atoms with Crippen LogP contribution >= 0.6 is 0 Å². The molecule has 288 valence electrons. The highest BCUT2D eigenvalue weighted by Gasteiger charge is 2.46. The van der Waals surface area contributed by atoms with Gasteiger partial charge in [0.15, 0.2) is 0 Å². The topological polar surface area (TPSA) is 56.0 Å². The van der Waals surface area contributed by atoms with Crippen molar-refractivity contribution in [3.05, 3.63) is 210 Å². The van der Waals surface area contributed by atoms with Crippen LogP contribution in [-0.4, -0.2) is 24.3 Å². The van der Waals surface area contributed by atoms with Gasteiger partial charge in [-0.15, -0.1) is 0 Å². The minimum atomic E-state index is -0.693. The summed E-state index contributed by atoms with van der Waals surface area (Å²) in [5.41, 5.74) is 19.3. The van der Waals surface area contributed by atoms with E-state index in [0.29, 0.717) is 11.8 Å². The van der Waals surface area contributed by atoms with Gasteiger partial charge in [-0.05, 0) is 122 Å². The first-order valence-corrected chi connectivity index (χ1v) is 20.9. The Bertz CT molecular complexity index is 3210. The van der Waals surface area contributed by atoms with Crippen LogP contribution in [0.5, 0.6) is 0 Å². The number of benzene rings is 6. The molecule has 0 fully saturated rings. The normalized spacial score (nSPS) is 13.1. The van der Waals surface area contributed by atoms with E-state index in [4.69, 9.17) is 19.9 Å². The van der Waals surface area contributed by atoms with Crippen molar-refractivity contribution in [3.8, 4) is 44.8 Å². The van der Waals surface area contributed by atoms with E-state index in [1.807, 2.05) is 30.9 Å². The number of aromatic nitrogens is 5. The molecule has 0 atom stereocenters. The second kappa shape index (κ2) is 14.0. The SMILES string of the molecule is CC(C)c1cccc(C(C)C)c1-c1ccnc(-c2cccc(C3(c4cc(-c5ccccn5)c5c(c4)ncn4c6ccccc6nc54)c4ccccc4-c4ccccc43)c2)c1. The van der Waals surface area contributed by atoms with Crippen molar-refractivity contribution in [2.75, 3.05) is 0 Å². The van der Waals surface area contributed by atoms with Gasteiger partial charge in [0, 0.05) is 23.5 Å². The van der Waals surface area contributed by atoms with Gasteiger partial charge in [0.25, 0.3) is 0 Å². The number of para-hydroxylation sites is 2. The molecule has 0 amide bonds. The monoisotopic (exact) mass is 773 g/mol. The number of hydrogen-bond acceptors (Lipinski definition) is 4. The summed E-state index contributed by atoms with van der Waals surface area (Å²) < 4.78 is 2.11. The Kier molecular flexibility index (Phi) is 8.35. The Morgan fingerprint density at radius 2 is 1.17 bits per heavy atom. The number of rotatable bonds is 7. The summed E-state index contributed by atoms with van der Waals surface area (Å²) in [7, 11) is 0. The minimum absolute atomic E-state index is 0.386. The average molecular weight is 774 g/mol. The molecular formula is C55H43N5. The van der Waals surface area contributed by atoms with Crippen LogP contribution in [-0.2, 0) is 5.41 Å². The zero-order valence-electron chi connectivity index (χ0n) is 34.1. The second-order valence-electron chi connectivity index (χ2n) is 16.6. The van der Waals surface area contributed by atoms with E-state index in [1.165, 1.54) is 44.5 Å². The number of fused-ring (bicyclic) bond motifs is 8. The van der Waals surface area contributed by atoms with E-state index in [0.717, 1.165) is 61.2 Å². The Balaban J connectivity index is 1.19. The Labute approximate surface area is 350 Å². The molecule has 0 unspecified atom stereocenters. The summed E-state index contributed by atoms with van der Waals surface area (Å²) >= 11 is 0. The van der Waals surface area contributed by atoms with Gasteiger partial charge >= 0.3 is 0 Å². The maximum atomic E-state index is 5.21. The van der Waals surface area contributed by atoms with Gasteiger partial charge in [-0.25, -0.2) is 9.97 Å². The van der Waals surface area contributed by atoms with E-state index >= 15 is 0 Å². The van der Waals surface area contributed by atoms with Crippen LogP contribution < -0.4 is 0 Å². The fraction of sp³-hybridized carbons (Fsp3) is 0.127. The van der Waals surface area contributed by atoms with E-state index in [9.17, 15) is 0 Å². The van der Waals surface area contributed by atoms with Crippen molar-refractivity contribution in [3.63, 3.8) is 0 Å². The van der Waals surface area contributed by atoms with Crippen LogP contribution in [0, 0.1) is 0 Å². The van der Waals surface area contributed by atoms with Crippen molar-refractivity contribution in [2.45, 2.75) is 44.9 Å². The van der Waals surface area contributed by atoms with Crippen LogP contribution in [0.2, 0.25) is 0 Å². The third-order valence-corrected chi connectivity index (χ3v) is 12.6. The second-order valence-corrected chi connectivity index (χ2v) is 16.6. The van der Waals surface area contributed by atoms with Crippen molar-refractivity contribution < 1.29 is 0 Å². The molecule has 6 aromatic carbocycles. The van der Waals surface area contributed by atoms with Crippen molar-refractivity contribution in [1.29, 1.82) is 0 Å². The highest BCUT2D eigenvalue weighted by molar-refractivity contribution is 6.06. The Morgan fingerprint density at radius 1 is 0.483 bits per heavy atom. The minimum Gasteiger partial charge on any atom is -0.282 e. The molecule has 4 heterocycles. The fourth-order valence-corrected chi connectivity index (χ4v) is 9.93. The summed E-state index contributed by atoms with van der Waals surface area (Å²) in [6.07, 6.45) is 5.76. The first-order valence-electron chi connectivity index (χ1n) is 20.9. The van der Waals surface area contributed by atoms with Crippen LogP contribution in [0.3, 0.4) is 0 Å². The molecule has 0 radical (unpaired) electrons. The first kappa shape index (κ1) is 35.9. The average Bonchev–Trinajstić information content (AvgIpc) is 3.83. The lowest BCUT2D eigenvalue weighted by atomic mass is 9.67. The molecule has 1 aliphatic rings. The summed E-state index contributed by atoms with van der Waals surface area (Å²) in [5.74, 6) is 0.772. The molecule has 0 saturated carbocycles. The molecule has 5 nitrogen and oxygen atoms in total. The number of imidazole rings is 1. The van der Waals surface area contributed by atoms with E-state index in [-0.39, 0.29) is 0 Å². The van der Waals surface area contributed by atoms with Crippen LogP contribution in [0.1, 0.15) is 72.9 Å². The smallest absolute Gasteiger partial charge is 0.149 e. The Morgan fingerprint density at radius 3 is 1.90 bits per heavy atom. The standard InChI is InChI=1S/C55H43N5/c1-34(2)40-19-14-20-41(35(3)4)52(40)37-26-28-57-49(30-37)36-15-13-16-38(29-36)55(45-21-7-5-17-42(45)43-18-6-8-22-46(43)55)39-31-44(47-23-11-12-27-56-47)53-50(32-39)58-33-60-51-25-10-9-24-48(51)59-54(53)60/h5-35H,1-4H3. The highest BCUT2D eigenvalue weighted by atomic mass is 15.0. The summed E-state index contributed by atoms with van der Waals surface area (Å²) in [6.45, 7) is 9.14. The van der Waals surface area contributed by atoms with Crippen molar-refractivity contribution in [1.82, 2.24) is 24.3 Å². The molecule has 10 aromatic rings. The predicted octanol–water partition coefficient (Wildman–Crippen LogP) is 13.4. The lowest BCUT2D eigenvalue weighted by molar-refractivity contribution is 0.770. The summed E-state index contributed by atoms with van der Waals surface area (Å²) in [4.78, 5) is 20.4. The van der Waals surface area contributed by atoms with E-state index in [1.54, 1.807) is 0 Å². The lowest BCUT2D eigenvalue weighted by Gasteiger charge is -2.34. The van der Waals surface area contributed by atoms with E-state index < -0.39 is 5.41 Å².